The lowest BCUT2D eigenvalue weighted by atomic mass is 9.88. The van der Waals surface area contributed by atoms with Crippen molar-refractivity contribution in [3.63, 3.8) is 0 Å². The van der Waals surface area contributed by atoms with Gasteiger partial charge in [-0.3, -0.25) is 24.5 Å². The Kier molecular flexibility index (Phi) is 5.45. The number of fused-ring (bicyclic) bond motifs is 5. The van der Waals surface area contributed by atoms with E-state index in [0.29, 0.717) is 17.1 Å². The highest BCUT2D eigenvalue weighted by Gasteiger charge is 2.64. The van der Waals surface area contributed by atoms with Crippen molar-refractivity contribution in [2.24, 2.45) is 11.8 Å². The fourth-order valence-electron chi connectivity index (χ4n) is 5.68. The summed E-state index contributed by atoms with van der Waals surface area (Å²) < 4.78 is 5.20. The van der Waals surface area contributed by atoms with Gasteiger partial charge in [-0.2, -0.15) is 0 Å². The molecule has 1 N–H and O–H groups in total. The van der Waals surface area contributed by atoms with E-state index in [1.54, 1.807) is 24.3 Å². The monoisotopic (exact) mass is 510 g/mol. The predicted molar refractivity (Wildman–Crippen MR) is 140 cm³/mol. The number of ether oxygens (including phenoxy) is 1. The number of carbonyl (C=O) groups excluding carboxylic acids is 3. The minimum absolute atomic E-state index is 0.106. The molecule has 190 valence electrons. The van der Waals surface area contributed by atoms with Gasteiger partial charge < -0.3 is 15.0 Å². The predicted octanol–water partition coefficient (Wildman–Crippen LogP) is 3.63. The average molecular weight is 511 g/mol. The molecule has 0 aromatic heterocycles. The Hall–Kier alpha value is -4.99. The third-order valence-electron chi connectivity index (χ3n) is 7.36. The average Bonchev–Trinajstić information content (AvgIpc) is 3.41. The van der Waals surface area contributed by atoms with Crippen molar-refractivity contribution in [2.75, 3.05) is 22.2 Å². The van der Waals surface area contributed by atoms with E-state index in [4.69, 9.17) is 4.74 Å². The minimum atomic E-state index is -0.981. The zero-order valence-corrected chi connectivity index (χ0v) is 20.2. The summed E-state index contributed by atoms with van der Waals surface area (Å²) in [4.78, 5) is 54.9. The SMILES string of the molecule is COc1ccc(N2C(=O)[C@@H]3[C@H](C2=O)[C@@H](C(=O)Nc2ccc([N+](=O)[O-])cc2)N2c4ccccc4C=C[C@H]32)cc1. The van der Waals surface area contributed by atoms with Crippen molar-refractivity contribution in [2.45, 2.75) is 12.1 Å². The highest BCUT2D eigenvalue weighted by molar-refractivity contribution is 6.25. The van der Waals surface area contributed by atoms with Gasteiger partial charge in [0.2, 0.25) is 17.7 Å². The molecule has 0 spiro atoms. The van der Waals surface area contributed by atoms with Crippen LogP contribution in [0.5, 0.6) is 5.75 Å². The Morgan fingerprint density at radius 1 is 0.947 bits per heavy atom. The number of rotatable bonds is 5. The highest BCUT2D eigenvalue weighted by atomic mass is 16.6. The number of carbonyl (C=O) groups is 3. The van der Waals surface area contributed by atoms with Gasteiger partial charge in [-0.05, 0) is 48.0 Å². The van der Waals surface area contributed by atoms with Crippen molar-refractivity contribution in [1.29, 1.82) is 0 Å². The molecular weight excluding hydrogens is 488 g/mol. The van der Waals surface area contributed by atoms with Crippen LogP contribution >= 0.6 is 0 Å². The molecule has 2 fully saturated rings. The number of anilines is 3. The number of nitro benzene ring substituents is 1. The van der Waals surface area contributed by atoms with Crippen LogP contribution < -0.4 is 19.9 Å². The number of hydrogen-bond donors (Lipinski definition) is 1. The summed E-state index contributed by atoms with van der Waals surface area (Å²) in [5.74, 6) is -2.39. The van der Waals surface area contributed by atoms with Crippen LogP contribution in [0.4, 0.5) is 22.7 Å². The first-order valence-corrected chi connectivity index (χ1v) is 12.0. The molecule has 0 bridgehead atoms. The Morgan fingerprint density at radius 2 is 1.63 bits per heavy atom. The number of methoxy groups -OCH3 is 1. The van der Waals surface area contributed by atoms with Crippen LogP contribution in [-0.2, 0) is 14.4 Å². The summed E-state index contributed by atoms with van der Waals surface area (Å²) in [5.41, 5.74) is 2.30. The zero-order valence-electron chi connectivity index (χ0n) is 20.2. The van der Waals surface area contributed by atoms with Crippen LogP contribution in [0.15, 0.2) is 78.9 Å². The van der Waals surface area contributed by atoms with Gasteiger partial charge in [-0.25, -0.2) is 4.90 Å². The summed E-state index contributed by atoms with van der Waals surface area (Å²) in [6.45, 7) is 0. The smallest absolute Gasteiger partial charge is 0.269 e. The summed E-state index contributed by atoms with van der Waals surface area (Å²) in [7, 11) is 1.53. The first-order chi connectivity index (χ1) is 18.4. The molecule has 3 aromatic rings. The maximum absolute atomic E-state index is 13.9. The molecule has 2 saturated heterocycles. The van der Waals surface area contributed by atoms with E-state index in [9.17, 15) is 24.5 Å². The Balaban J connectivity index is 1.39. The summed E-state index contributed by atoms with van der Waals surface area (Å²) in [6, 6.07) is 18.1. The first-order valence-electron chi connectivity index (χ1n) is 12.0. The third-order valence-corrected chi connectivity index (χ3v) is 7.36. The van der Waals surface area contributed by atoms with E-state index < -0.39 is 40.7 Å². The molecule has 3 amide bonds. The molecular formula is C28H22N4O6. The van der Waals surface area contributed by atoms with E-state index in [0.717, 1.165) is 16.2 Å². The maximum atomic E-state index is 13.9. The van der Waals surface area contributed by atoms with E-state index in [1.807, 2.05) is 41.3 Å². The lowest BCUT2D eigenvalue weighted by Crippen LogP contribution is -2.50. The minimum Gasteiger partial charge on any atom is -0.497 e. The largest absolute Gasteiger partial charge is 0.497 e. The Bertz CT molecular complexity index is 1500. The van der Waals surface area contributed by atoms with Crippen molar-refractivity contribution in [3.8, 4) is 5.75 Å². The summed E-state index contributed by atoms with van der Waals surface area (Å²) >= 11 is 0. The Labute approximate surface area is 217 Å². The van der Waals surface area contributed by atoms with Gasteiger partial charge in [0.25, 0.3) is 5.69 Å². The number of benzene rings is 3. The van der Waals surface area contributed by atoms with Crippen LogP contribution in [0, 0.1) is 22.0 Å². The molecule has 10 nitrogen and oxygen atoms in total. The lowest BCUT2D eigenvalue weighted by molar-refractivity contribution is -0.384. The van der Waals surface area contributed by atoms with Crippen molar-refractivity contribution in [1.82, 2.24) is 0 Å². The quantitative estimate of drug-likeness (QED) is 0.316. The van der Waals surface area contributed by atoms with E-state index in [2.05, 4.69) is 5.32 Å². The number of nitro groups is 1. The second-order valence-corrected chi connectivity index (χ2v) is 9.32. The van der Waals surface area contributed by atoms with Gasteiger partial charge in [0.1, 0.15) is 11.8 Å². The molecule has 0 aliphatic carbocycles. The highest BCUT2D eigenvalue weighted by Crippen LogP contribution is 2.49. The number of amides is 3. The normalized spacial score (nSPS) is 23.1. The van der Waals surface area contributed by atoms with E-state index >= 15 is 0 Å². The molecule has 0 radical (unpaired) electrons. The van der Waals surface area contributed by atoms with Crippen LogP contribution in [-0.4, -0.2) is 41.8 Å². The second kappa shape index (κ2) is 8.84. The Morgan fingerprint density at radius 3 is 2.32 bits per heavy atom. The van der Waals surface area contributed by atoms with Crippen LogP contribution in [0.1, 0.15) is 5.56 Å². The molecule has 6 rings (SSSR count). The topological polar surface area (TPSA) is 122 Å². The first kappa shape index (κ1) is 23.4. The zero-order chi connectivity index (χ0) is 26.6. The molecule has 3 aromatic carbocycles. The fraction of sp³-hybridized carbons (Fsp3) is 0.179. The van der Waals surface area contributed by atoms with Crippen molar-refractivity contribution < 1.29 is 24.0 Å². The summed E-state index contributed by atoms with van der Waals surface area (Å²) in [5, 5.41) is 13.8. The number of nitrogens with zero attached hydrogens (tertiary/aromatic N) is 3. The lowest BCUT2D eigenvalue weighted by Gasteiger charge is -2.36. The van der Waals surface area contributed by atoms with Gasteiger partial charge in [-0.15, -0.1) is 0 Å². The number of imide groups is 1. The van der Waals surface area contributed by atoms with Gasteiger partial charge >= 0.3 is 0 Å². The summed E-state index contributed by atoms with van der Waals surface area (Å²) in [6.07, 6.45) is 3.79. The van der Waals surface area contributed by atoms with Gasteiger partial charge in [0, 0.05) is 23.5 Å². The number of para-hydroxylation sites is 1. The molecule has 10 heteroatoms. The molecule has 3 aliphatic rings. The van der Waals surface area contributed by atoms with Crippen molar-refractivity contribution in [3.05, 3.63) is 94.6 Å². The van der Waals surface area contributed by atoms with Crippen molar-refractivity contribution >= 4 is 46.5 Å². The van der Waals surface area contributed by atoms with E-state index in [-0.39, 0.29) is 11.6 Å². The molecule has 4 atom stereocenters. The number of hydrogen-bond acceptors (Lipinski definition) is 7. The molecule has 3 aliphatic heterocycles. The van der Waals surface area contributed by atoms with Gasteiger partial charge in [-0.1, -0.05) is 30.4 Å². The van der Waals surface area contributed by atoms with Crippen LogP contribution in [0.3, 0.4) is 0 Å². The molecule has 0 unspecified atom stereocenters. The third kappa shape index (κ3) is 3.52. The standard InChI is InChI=1S/C28H22N4O6/c1-38-20-13-11-18(12-14-20)30-27(34)23-22-15-6-16-4-2-3-5-21(16)31(22)25(24(23)28(30)35)26(33)29-17-7-9-19(10-8-17)32(36)37/h2-15,22-25H,1H3,(H,29,33)/t22-,23+,24+,25+/m1/s1. The number of non-ortho nitro benzene ring substituents is 1. The second-order valence-electron chi connectivity index (χ2n) is 9.32. The van der Waals surface area contributed by atoms with Gasteiger partial charge in [0.05, 0.1) is 35.6 Å². The van der Waals surface area contributed by atoms with E-state index in [1.165, 1.54) is 31.4 Å². The fourth-order valence-corrected chi connectivity index (χ4v) is 5.68. The maximum Gasteiger partial charge on any atom is 0.269 e. The molecule has 0 saturated carbocycles. The van der Waals surface area contributed by atoms with Crippen LogP contribution in [0.2, 0.25) is 0 Å². The van der Waals surface area contributed by atoms with Crippen LogP contribution in [0.25, 0.3) is 6.08 Å². The van der Waals surface area contributed by atoms with Gasteiger partial charge in [0.15, 0.2) is 0 Å². The molecule has 3 heterocycles. The number of nitrogens with one attached hydrogen (secondary N) is 1. The molecule has 38 heavy (non-hydrogen) atoms.